The molecule has 0 aromatic heterocycles. The molecule has 0 bridgehead atoms. The summed E-state index contributed by atoms with van der Waals surface area (Å²) in [7, 11) is -1.61. The first-order valence-electron chi connectivity index (χ1n) is 9.25. The van der Waals surface area contributed by atoms with Gasteiger partial charge in [0.2, 0.25) is 15.9 Å². The van der Waals surface area contributed by atoms with Crippen molar-refractivity contribution in [2.45, 2.75) is 46.1 Å². The van der Waals surface area contributed by atoms with Gasteiger partial charge in [-0.2, -0.15) is 0 Å². The molecule has 0 spiro atoms. The predicted octanol–water partition coefficient (Wildman–Crippen LogP) is 2.63. The van der Waals surface area contributed by atoms with E-state index in [0.29, 0.717) is 6.54 Å². The SMILES string of the molecule is CC[C@@H](NC(=O)[C@H]1CCCN(S(=O)(=O)CC)C1)c1ccc(OC)c(C)c1. The number of nitrogens with one attached hydrogen (secondary N) is 1. The molecule has 2 rings (SSSR count). The summed E-state index contributed by atoms with van der Waals surface area (Å²) in [6.45, 7) is 6.43. The van der Waals surface area contributed by atoms with E-state index in [1.165, 1.54) is 4.31 Å². The smallest absolute Gasteiger partial charge is 0.224 e. The van der Waals surface area contributed by atoms with E-state index < -0.39 is 10.0 Å². The number of piperidine rings is 1. The number of hydrogen-bond donors (Lipinski definition) is 1. The Hall–Kier alpha value is -1.60. The summed E-state index contributed by atoms with van der Waals surface area (Å²) < 4.78 is 31.0. The van der Waals surface area contributed by atoms with Crippen LogP contribution in [0.2, 0.25) is 0 Å². The highest BCUT2D eigenvalue weighted by Crippen LogP contribution is 2.26. The van der Waals surface area contributed by atoms with Gasteiger partial charge in [-0.15, -0.1) is 0 Å². The van der Waals surface area contributed by atoms with Crippen LogP contribution in [0.1, 0.15) is 50.3 Å². The second-order valence-electron chi connectivity index (χ2n) is 6.80. The molecular formula is C19H30N2O4S. The maximum Gasteiger partial charge on any atom is 0.224 e. The van der Waals surface area contributed by atoms with E-state index in [1.807, 2.05) is 32.0 Å². The van der Waals surface area contributed by atoms with Crippen LogP contribution in [0.15, 0.2) is 18.2 Å². The van der Waals surface area contributed by atoms with E-state index in [9.17, 15) is 13.2 Å². The minimum atomic E-state index is -3.25. The fourth-order valence-corrected chi connectivity index (χ4v) is 4.60. The summed E-state index contributed by atoms with van der Waals surface area (Å²) in [5.74, 6) is 0.534. The van der Waals surface area contributed by atoms with Crippen molar-refractivity contribution in [2.75, 3.05) is 26.0 Å². The van der Waals surface area contributed by atoms with E-state index in [-0.39, 0.29) is 30.2 Å². The lowest BCUT2D eigenvalue weighted by molar-refractivity contribution is -0.126. The van der Waals surface area contributed by atoms with Gasteiger partial charge < -0.3 is 10.1 Å². The van der Waals surface area contributed by atoms with Crippen molar-refractivity contribution in [3.05, 3.63) is 29.3 Å². The highest BCUT2D eigenvalue weighted by Gasteiger charge is 2.32. The Morgan fingerprint density at radius 3 is 2.69 bits per heavy atom. The van der Waals surface area contributed by atoms with Gasteiger partial charge in [0.15, 0.2) is 0 Å². The molecule has 0 radical (unpaired) electrons. The van der Waals surface area contributed by atoms with E-state index in [2.05, 4.69) is 5.32 Å². The minimum absolute atomic E-state index is 0.0682. The molecule has 1 aromatic rings. The van der Waals surface area contributed by atoms with Crippen molar-refractivity contribution in [3.8, 4) is 5.75 Å². The van der Waals surface area contributed by atoms with Crippen LogP contribution in [-0.2, 0) is 14.8 Å². The lowest BCUT2D eigenvalue weighted by Crippen LogP contribution is -2.46. The van der Waals surface area contributed by atoms with Crippen LogP contribution in [-0.4, -0.2) is 44.6 Å². The summed E-state index contributed by atoms with van der Waals surface area (Å²) in [5, 5.41) is 3.11. The second-order valence-corrected chi connectivity index (χ2v) is 9.05. The zero-order chi connectivity index (χ0) is 19.3. The van der Waals surface area contributed by atoms with Crippen LogP contribution in [0.4, 0.5) is 0 Å². The largest absolute Gasteiger partial charge is 0.496 e. The van der Waals surface area contributed by atoms with Gasteiger partial charge in [-0.25, -0.2) is 12.7 Å². The Balaban J connectivity index is 2.08. The van der Waals surface area contributed by atoms with Gasteiger partial charge in [-0.1, -0.05) is 19.1 Å². The zero-order valence-electron chi connectivity index (χ0n) is 16.1. The number of sulfonamides is 1. The lowest BCUT2D eigenvalue weighted by Gasteiger charge is -2.32. The summed E-state index contributed by atoms with van der Waals surface area (Å²) in [4.78, 5) is 12.8. The number of benzene rings is 1. The van der Waals surface area contributed by atoms with Gasteiger partial charge in [-0.05, 0) is 50.3 Å². The van der Waals surface area contributed by atoms with Crippen molar-refractivity contribution < 1.29 is 17.9 Å². The van der Waals surface area contributed by atoms with E-state index in [4.69, 9.17) is 4.74 Å². The number of carbonyl (C=O) groups excluding carboxylic acids is 1. The quantitative estimate of drug-likeness (QED) is 0.787. The van der Waals surface area contributed by atoms with Crippen molar-refractivity contribution in [1.29, 1.82) is 0 Å². The fraction of sp³-hybridized carbons (Fsp3) is 0.632. The molecule has 1 aliphatic rings. The first kappa shape index (κ1) is 20.7. The van der Waals surface area contributed by atoms with Crippen molar-refractivity contribution in [1.82, 2.24) is 9.62 Å². The van der Waals surface area contributed by atoms with Gasteiger partial charge in [0.05, 0.1) is 24.8 Å². The third kappa shape index (κ3) is 4.76. The molecule has 2 atom stereocenters. The molecule has 1 fully saturated rings. The third-order valence-corrected chi connectivity index (χ3v) is 6.91. The van der Waals surface area contributed by atoms with E-state index >= 15 is 0 Å². The number of methoxy groups -OCH3 is 1. The number of aryl methyl sites for hydroxylation is 1. The molecule has 1 aliphatic heterocycles. The Kier molecular flexibility index (Phi) is 7.06. The topological polar surface area (TPSA) is 75.7 Å². The summed E-state index contributed by atoms with van der Waals surface area (Å²) in [5.41, 5.74) is 2.06. The molecule has 1 amide bonds. The summed E-state index contributed by atoms with van der Waals surface area (Å²) >= 11 is 0. The highest BCUT2D eigenvalue weighted by molar-refractivity contribution is 7.89. The highest BCUT2D eigenvalue weighted by atomic mass is 32.2. The normalized spacial score (nSPS) is 19.8. The third-order valence-electron chi connectivity index (χ3n) is 5.06. The molecule has 7 heteroatoms. The average molecular weight is 383 g/mol. The van der Waals surface area contributed by atoms with Gasteiger partial charge >= 0.3 is 0 Å². The van der Waals surface area contributed by atoms with E-state index in [0.717, 1.165) is 36.1 Å². The number of hydrogen-bond acceptors (Lipinski definition) is 4. The van der Waals surface area contributed by atoms with Crippen molar-refractivity contribution in [2.24, 2.45) is 5.92 Å². The van der Waals surface area contributed by atoms with Crippen LogP contribution in [0.3, 0.4) is 0 Å². The van der Waals surface area contributed by atoms with Crippen molar-refractivity contribution in [3.63, 3.8) is 0 Å². The van der Waals surface area contributed by atoms with Crippen LogP contribution in [0, 0.1) is 12.8 Å². The van der Waals surface area contributed by atoms with Crippen LogP contribution < -0.4 is 10.1 Å². The number of carbonyl (C=O) groups is 1. The van der Waals surface area contributed by atoms with Crippen LogP contribution in [0.5, 0.6) is 5.75 Å². The number of rotatable bonds is 7. The Bertz CT molecular complexity index is 733. The number of amides is 1. The van der Waals surface area contributed by atoms with Gasteiger partial charge in [0, 0.05) is 13.1 Å². The van der Waals surface area contributed by atoms with Crippen molar-refractivity contribution >= 4 is 15.9 Å². The number of nitrogens with zero attached hydrogens (tertiary/aromatic N) is 1. The summed E-state index contributed by atoms with van der Waals surface area (Å²) in [6.07, 6.45) is 2.20. The maximum absolute atomic E-state index is 12.8. The first-order chi connectivity index (χ1) is 12.3. The summed E-state index contributed by atoms with van der Waals surface area (Å²) in [6, 6.07) is 5.82. The second kappa shape index (κ2) is 8.86. The molecule has 1 heterocycles. The minimum Gasteiger partial charge on any atom is -0.496 e. The Labute approximate surface area is 157 Å². The van der Waals surface area contributed by atoms with Gasteiger partial charge in [0.25, 0.3) is 0 Å². The van der Waals surface area contributed by atoms with E-state index in [1.54, 1.807) is 14.0 Å². The van der Waals surface area contributed by atoms with Gasteiger partial charge in [0.1, 0.15) is 5.75 Å². The Morgan fingerprint density at radius 2 is 2.12 bits per heavy atom. The maximum atomic E-state index is 12.8. The molecule has 0 aliphatic carbocycles. The molecule has 0 unspecified atom stereocenters. The zero-order valence-corrected chi connectivity index (χ0v) is 16.9. The molecule has 1 N–H and O–H groups in total. The van der Waals surface area contributed by atoms with Crippen LogP contribution >= 0.6 is 0 Å². The molecule has 26 heavy (non-hydrogen) atoms. The number of ether oxygens (including phenoxy) is 1. The van der Waals surface area contributed by atoms with Gasteiger partial charge in [-0.3, -0.25) is 4.79 Å². The molecule has 1 saturated heterocycles. The molecule has 146 valence electrons. The monoisotopic (exact) mass is 382 g/mol. The Morgan fingerprint density at radius 1 is 1.38 bits per heavy atom. The first-order valence-corrected chi connectivity index (χ1v) is 10.9. The standard InChI is InChI=1S/C19H30N2O4S/c1-5-17(15-9-10-18(25-4)14(3)12-15)20-19(22)16-8-7-11-21(13-16)26(23,24)6-2/h9-10,12,16-17H,5-8,11,13H2,1-4H3,(H,20,22)/t16-,17+/m0/s1. The molecular weight excluding hydrogens is 352 g/mol. The molecule has 1 aromatic carbocycles. The molecule has 0 saturated carbocycles. The van der Waals surface area contributed by atoms with Crippen LogP contribution in [0.25, 0.3) is 0 Å². The molecule has 6 nitrogen and oxygen atoms in total. The predicted molar refractivity (Wildman–Crippen MR) is 103 cm³/mol. The fourth-order valence-electron chi connectivity index (χ4n) is 3.42. The average Bonchev–Trinajstić information content (AvgIpc) is 2.65. The lowest BCUT2D eigenvalue weighted by atomic mass is 9.96.